The van der Waals surface area contributed by atoms with E-state index in [1.165, 1.54) is 11.8 Å². The van der Waals surface area contributed by atoms with Crippen molar-refractivity contribution in [3.8, 4) is 0 Å². The van der Waals surface area contributed by atoms with Crippen LogP contribution < -0.4 is 0 Å². The van der Waals surface area contributed by atoms with E-state index in [9.17, 15) is 19.2 Å². The molecule has 1 aromatic carbocycles. The lowest BCUT2D eigenvalue weighted by atomic mass is 10.3. The molecule has 2 aliphatic rings. The number of carbonyl (C=O) groups is 4. The second kappa shape index (κ2) is 7.43. The standard InChI is InChI=1S/C10H7ClO3S.C5H4O3/c11-6-1-3-7(4-2-6)15-8-5-9(12)14-10(8)13;1-3-2-4(6)8-5(3)7/h1-4,8H,5H2;1-2H2. The molecule has 2 aliphatic heterocycles. The van der Waals surface area contributed by atoms with Gasteiger partial charge in [-0.2, -0.15) is 0 Å². The van der Waals surface area contributed by atoms with Crippen LogP contribution in [0.3, 0.4) is 0 Å². The first-order valence-corrected chi connectivity index (χ1v) is 7.70. The number of rotatable bonds is 2. The van der Waals surface area contributed by atoms with Gasteiger partial charge in [-0.1, -0.05) is 18.2 Å². The molecule has 2 saturated heterocycles. The second-order valence-electron chi connectivity index (χ2n) is 4.60. The third kappa shape index (κ3) is 4.94. The van der Waals surface area contributed by atoms with Crippen LogP contribution in [0, 0.1) is 0 Å². The number of thioether (sulfide) groups is 1. The monoisotopic (exact) mass is 354 g/mol. The number of halogens is 1. The van der Waals surface area contributed by atoms with Crippen molar-refractivity contribution in [1.82, 2.24) is 0 Å². The fourth-order valence-electron chi connectivity index (χ4n) is 1.68. The van der Waals surface area contributed by atoms with Gasteiger partial charge in [-0.25, -0.2) is 4.79 Å². The Bertz CT molecular complexity index is 664. The molecule has 0 spiro atoms. The smallest absolute Gasteiger partial charge is 0.341 e. The van der Waals surface area contributed by atoms with Crippen LogP contribution >= 0.6 is 23.4 Å². The minimum atomic E-state index is -0.588. The van der Waals surface area contributed by atoms with Crippen molar-refractivity contribution < 1.29 is 28.7 Å². The maximum absolute atomic E-state index is 11.2. The minimum Gasteiger partial charge on any atom is -0.392 e. The van der Waals surface area contributed by atoms with Crippen LogP contribution in [0.1, 0.15) is 12.8 Å². The molecule has 0 aliphatic carbocycles. The second-order valence-corrected chi connectivity index (χ2v) is 6.31. The summed E-state index contributed by atoms with van der Waals surface area (Å²) in [6.45, 7) is 3.29. The molecule has 1 aromatic rings. The molecule has 0 aromatic heterocycles. The minimum absolute atomic E-state index is 0.0544. The molecule has 0 bridgehead atoms. The van der Waals surface area contributed by atoms with Gasteiger partial charge in [-0.15, -0.1) is 11.8 Å². The summed E-state index contributed by atoms with van der Waals surface area (Å²) >= 11 is 7.04. The Morgan fingerprint density at radius 3 is 2.09 bits per heavy atom. The zero-order valence-corrected chi connectivity index (χ0v) is 13.3. The molecular formula is C15H11ClO6S. The maximum atomic E-state index is 11.2. The van der Waals surface area contributed by atoms with E-state index in [1.807, 2.05) is 12.1 Å². The van der Waals surface area contributed by atoms with E-state index in [4.69, 9.17) is 11.6 Å². The van der Waals surface area contributed by atoms with Crippen LogP contribution in [0.5, 0.6) is 0 Å². The van der Waals surface area contributed by atoms with Gasteiger partial charge in [0.15, 0.2) is 0 Å². The largest absolute Gasteiger partial charge is 0.392 e. The van der Waals surface area contributed by atoms with Crippen LogP contribution in [-0.4, -0.2) is 29.1 Å². The first-order valence-electron chi connectivity index (χ1n) is 6.44. The lowest BCUT2D eigenvalue weighted by Gasteiger charge is -2.03. The Hall–Kier alpha value is -2.12. The number of ether oxygens (including phenoxy) is 2. The average Bonchev–Trinajstić information content (AvgIpc) is 2.94. The van der Waals surface area contributed by atoms with Gasteiger partial charge in [-0.3, -0.25) is 14.4 Å². The predicted octanol–water partition coefficient (Wildman–Crippen LogP) is 2.29. The summed E-state index contributed by atoms with van der Waals surface area (Å²) in [5, 5.41) is 0.225. The van der Waals surface area contributed by atoms with Crippen molar-refractivity contribution >= 4 is 47.2 Å². The lowest BCUT2D eigenvalue weighted by Crippen LogP contribution is -2.08. The van der Waals surface area contributed by atoms with Crippen molar-refractivity contribution in [2.24, 2.45) is 0 Å². The Morgan fingerprint density at radius 2 is 1.70 bits per heavy atom. The van der Waals surface area contributed by atoms with Crippen molar-refractivity contribution in [3.05, 3.63) is 41.4 Å². The molecule has 6 nitrogen and oxygen atoms in total. The third-order valence-corrected chi connectivity index (χ3v) is 4.21. The van der Waals surface area contributed by atoms with E-state index in [1.54, 1.807) is 12.1 Å². The van der Waals surface area contributed by atoms with Gasteiger partial charge >= 0.3 is 23.9 Å². The van der Waals surface area contributed by atoms with Gasteiger partial charge in [0.2, 0.25) is 0 Å². The molecule has 3 rings (SSSR count). The number of esters is 4. The SMILES string of the molecule is C=C1CC(=O)OC1=O.O=C1CC(Sc2ccc(Cl)cc2)C(=O)O1. The Labute approximate surface area is 140 Å². The molecule has 1 unspecified atom stereocenters. The zero-order valence-electron chi connectivity index (χ0n) is 11.7. The first-order chi connectivity index (χ1) is 10.8. The Kier molecular flexibility index (Phi) is 5.57. The van der Waals surface area contributed by atoms with Crippen molar-refractivity contribution in [2.75, 3.05) is 0 Å². The summed E-state index contributed by atoms with van der Waals surface area (Å²) in [4.78, 5) is 43.3. The van der Waals surface area contributed by atoms with Gasteiger partial charge < -0.3 is 9.47 Å². The molecule has 0 saturated carbocycles. The van der Waals surface area contributed by atoms with Crippen molar-refractivity contribution in [1.29, 1.82) is 0 Å². The number of benzene rings is 1. The molecule has 120 valence electrons. The van der Waals surface area contributed by atoms with E-state index in [0.717, 1.165) is 4.90 Å². The van der Waals surface area contributed by atoms with Crippen LogP contribution in [0.2, 0.25) is 5.02 Å². The highest BCUT2D eigenvalue weighted by Crippen LogP contribution is 2.30. The summed E-state index contributed by atoms with van der Waals surface area (Å²) in [6, 6.07) is 7.10. The first kappa shape index (κ1) is 17.2. The highest BCUT2D eigenvalue weighted by molar-refractivity contribution is 8.00. The molecule has 1 atom stereocenters. The molecule has 8 heteroatoms. The number of hydrogen-bond donors (Lipinski definition) is 0. The number of hydrogen-bond acceptors (Lipinski definition) is 7. The summed E-state index contributed by atoms with van der Waals surface area (Å²) in [6.07, 6.45) is 0.199. The average molecular weight is 355 g/mol. The van der Waals surface area contributed by atoms with E-state index in [0.29, 0.717) is 5.02 Å². The third-order valence-electron chi connectivity index (χ3n) is 2.77. The normalized spacial score (nSPS) is 20.0. The summed E-state index contributed by atoms with van der Waals surface area (Å²) in [5.41, 5.74) is 0.245. The predicted molar refractivity (Wildman–Crippen MR) is 81.7 cm³/mol. The van der Waals surface area contributed by atoms with Crippen LogP contribution in [0.4, 0.5) is 0 Å². The molecule has 23 heavy (non-hydrogen) atoms. The fourth-order valence-corrected chi connectivity index (χ4v) is 2.79. The van der Waals surface area contributed by atoms with Gasteiger partial charge in [0, 0.05) is 15.5 Å². The van der Waals surface area contributed by atoms with Gasteiger partial charge in [-0.05, 0) is 24.3 Å². The molecule has 2 fully saturated rings. The Balaban J connectivity index is 0.000000203. The zero-order chi connectivity index (χ0) is 17.0. The van der Waals surface area contributed by atoms with Crippen LogP contribution in [0.15, 0.2) is 41.3 Å². The molecule has 0 amide bonds. The fraction of sp³-hybridized carbons (Fsp3) is 0.200. The molecule has 0 N–H and O–H groups in total. The summed E-state index contributed by atoms with van der Waals surface area (Å²) in [5.74, 6) is -2.00. The Morgan fingerprint density at radius 1 is 1.04 bits per heavy atom. The number of carbonyl (C=O) groups excluding carboxylic acids is 4. The van der Waals surface area contributed by atoms with Crippen LogP contribution in [0.25, 0.3) is 0 Å². The van der Waals surface area contributed by atoms with Gasteiger partial charge in [0.25, 0.3) is 0 Å². The van der Waals surface area contributed by atoms with E-state index in [-0.39, 0.29) is 18.4 Å². The summed E-state index contributed by atoms with van der Waals surface area (Å²) in [7, 11) is 0. The van der Waals surface area contributed by atoms with Crippen molar-refractivity contribution in [3.63, 3.8) is 0 Å². The molecular weight excluding hydrogens is 344 g/mol. The van der Waals surface area contributed by atoms with E-state index >= 15 is 0 Å². The summed E-state index contributed by atoms with van der Waals surface area (Å²) < 4.78 is 8.54. The number of cyclic esters (lactones) is 4. The quantitative estimate of drug-likeness (QED) is 0.457. The highest BCUT2D eigenvalue weighted by atomic mass is 35.5. The van der Waals surface area contributed by atoms with E-state index < -0.39 is 29.1 Å². The van der Waals surface area contributed by atoms with E-state index in [2.05, 4.69) is 16.1 Å². The van der Waals surface area contributed by atoms with Gasteiger partial charge in [0.05, 0.1) is 12.8 Å². The highest BCUT2D eigenvalue weighted by Gasteiger charge is 2.34. The lowest BCUT2D eigenvalue weighted by molar-refractivity contribution is -0.153. The molecule has 2 heterocycles. The molecule has 0 radical (unpaired) electrons. The topological polar surface area (TPSA) is 86.7 Å². The van der Waals surface area contributed by atoms with Crippen LogP contribution in [-0.2, 0) is 28.7 Å². The van der Waals surface area contributed by atoms with Gasteiger partial charge in [0.1, 0.15) is 5.25 Å². The maximum Gasteiger partial charge on any atom is 0.341 e. The van der Waals surface area contributed by atoms with Crippen molar-refractivity contribution in [2.45, 2.75) is 23.0 Å².